The maximum absolute atomic E-state index is 10.6. The van der Waals surface area contributed by atoms with Gasteiger partial charge in [0.1, 0.15) is 18.0 Å². The predicted octanol–water partition coefficient (Wildman–Crippen LogP) is 3.10. The summed E-state index contributed by atoms with van der Waals surface area (Å²) < 4.78 is 6.82. The normalized spacial score (nSPS) is 32.0. The predicted molar refractivity (Wildman–Crippen MR) is 59.5 cm³/mol. The zero-order valence-electron chi connectivity index (χ0n) is 7.83. The second-order valence-electron chi connectivity index (χ2n) is 3.67. The van der Waals surface area contributed by atoms with Crippen LogP contribution < -0.4 is 0 Å². The zero-order valence-corrected chi connectivity index (χ0v) is 10.2. The van der Waals surface area contributed by atoms with E-state index in [0.717, 1.165) is 22.9 Å². The molecule has 2 unspecified atom stereocenters. The van der Waals surface area contributed by atoms with Crippen LogP contribution in [0, 0.1) is 0 Å². The van der Waals surface area contributed by atoms with Crippen molar-refractivity contribution in [3.8, 4) is 0 Å². The van der Waals surface area contributed by atoms with E-state index in [1.54, 1.807) is 11.3 Å². The van der Waals surface area contributed by atoms with Gasteiger partial charge in [-0.3, -0.25) is 0 Å². The monoisotopic (exact) mass is 274 g/mol. The van der Waals surface area contributed by atoms with E-state index in [1.807, 2.05) is 6.07 Å². The highest BCUT2D eigenvalue weighted by atomic mass is 79.9. The van der Waals surface area contributed by atoms with Crippen molar-refractivity contribution >= 4 is 33.6 Å². The Morgan fingerprint density at radius 2 is 2.50 bits per heavy atom. The number of thiophene rings is 1. The number of rotatable bonds is 2. The summed E-state index contributed by atoms with van der Waals surface area (Å²) in [4.78, 5) is 11.8. The number of hydrogen-bond acceptors (Lipinski definition) is 3. The Balaban J connectivity index is 2.22. The summed E-state index contributed by atoms with van der Waals surface area (Å²) in [5.41, 5.74) is -0.262. The summed E-state index contributed by atoms with van der Waals surface area (Å²) in [5, 5.41) is 0. The Hall–Kier alpha value is -0.190. The first kappa shape index (κ1) is 10.3. The summed E-state index contributed by atoms with van der Waals surface area (Å²) in [5.74, 6) is 0. The molecule has 2 rings (SSSR count). The van der Waals surface area contributed by atoms with Crippen LogP contribution in [0.5, 0.6) is 0 Å². The summed E-state index contributed by atoms with van der Waals surface area (Å²) in [6.45, 7) is 2.05. The molecule has 0 radical (unpaired) electrons. The zero-order chi connectivity index (χ0) is 10.2. The maximum atomic E-state index is 10.6. The summed E-state index contributed by atoms with van der Waals surface area (Å²) in [7, 11) is 0. The minimum atomic E-state index is -0.262. The minimum Gasteiger partial charge on any atom is -0.359 e. The van der Waals surface area contributed by atoms with E-state index in [0.29, 0.717) is 0 Å². The van der Waals surface area contributed by atoms with E-state index in [-0.39, 0.29) is 11.7 Å². The number of aldehydes is 1. The van der Waals surface area contributed by atoms with Crippen molar-refractivity contribution in [2.75, 3.05) is 0 Å². The molecule has 2 atom stereocenters. The number of hydrogen-bond donors (Lipinski definition) is 0. The summed E-state index contributed by atoms with van der Waals surface area (Å²) >= 11 is 5.10. The Kier molecular flexibility index (Phi) is 2.77. The van der Waals surface area contributed by atoms with Crippen molar-refractivity contribution in [3.05, 3.63) is 20.8 Å². The van der Waals surface area contributed by atoms with Crippen LogP contribution >= 0.6 is 27.3 Å². The molecular formula is C10H11BrO2S. The molecule has 1 aliphatic heterocycles. The van der Waals surface area contributed by atoms with Gasteiger partial charge in [0.05, 0.1) is 3.79 Å². The van der Waals surface area contributed by atoms with Gasteiger partial charge in [-0.15, -0.1) is 11.3 Å². The third-order valence-corrected chi connectivity index (χ3v) is 4.43. The van der Waals surface area contributed by atoms with Gasteiger partial charge in [0, 0.05) is 4.88 Å². The molecule has 0 saturated carbocycles. The number of ether oxygens (including phenoxy) is 1. The molecule has 0 N–H and O–H groups in total. The summed E-state index contributed by atoms with van der Waals surface area (Å²) in [6.07, 6.45) is 2.42. The lowest BCUT2D eigenvalue weighted by atomic mass is 10.0. The fourth-order valence-corrected chi connectivity index (χ4v) is 3.25. The number of carbonyl (C=O) groups excluding carboxylic acids is 1. The van der Waals surface area contributed by atoms with Crippen molar-refractivity contribution in [2.45, 2.75) is 31.5 Å². The van der Waals surface area contributed by atoms with E-state index < -0.39 is 0 Å². The van der Waals surface area contributed by atoms with E-state index in [2.05, 4.69) is 28.9 Å². The Labute approximate surface area is 95.4 Å². The first-order chi connectivity index (χ1) is 6.64. The minimum absolute atomic E-state index is 0.221. The molecule has 1 saturated heterocycles. The van der Waals surface area contributed by atoms with E-state index in [1.165, 1.54) is 4.88 Å². The fourth-order valence-electron chi connectivity index (χ4n) is 1.75. The lowest BCUT2D eigenvalue weighted by molar-refractivity contribution is -0.121. The second kappa shape index (κ2) is 3.76. The quantitative estimate of drug-likeness (QED) is 0.775. The molecule has 2 nitrogen and oxygen atoms in total. The lowest BCUT2D eigenvalue weighted by Gasteiger charge is -2.22. The van der Waals surface area contributed by atoms with E-state index in [9.17, 15) is 4.79 Å². The van der Waals surface area contributed by atoms with Crippen molar-refractivity contribution in [3.63, 3.8) is 0 Å². The van der Waals surface area contributed by atoms with Crippen LogP contribution in [0.25, 0.3) is 0 Å². The standard InChI is InChI=1S/C10H11BrO2S/c1-10(5-4-7(6-12)13-10)8-2-3-9(11)14-8/h2-3,6-7H,4-5H2,1H3. The molecule has 76 valence electrons. The van der Waals surface area contributed by atoms with Crippen LogP contribution in [0.2, 0.25) is 0 Å². The molecule has 14 heavy (non-hydrogen) atoms. The van der Waals surface area contributed by atoms with Gasteiger partial charge in [-0.2, -0.15) is 0 Å². The molecule has 4 heteroatoms. The van der Waals surface area contributed by atoms with Gasteiger partial charge in [-0.05, 0) is 47.8 Å². The average Bonchev–Trinajstić information content (AvgIpc) is 2.73. The molecule has 1 aromatic rings. The van der Waals surface area contributed by atoms with Crippen LogP contribution in [0.4, 0.5) is 0 Å². The number of carbonyl (C=O) groups is 1. The molecule has 1 aliphatic rings. The molecule has 2 heterocycles. The highest BCUT2D eigenvalue weighted by Crippen LogP contribution is 2.42. The summed E-state index contributed by atoms with van der Waals surface area (Å²) in [6, 6.07) is 4.07. The van der Waals surface area contributed by atoms with Crippen molar-refractivity contribution in [1.29, 1.82) is 0 Å². The van der Waals surface area contributed by atoms with Crippen LogP contribution in [0.1, 0.15) is 24.6 Å². The third kappa shape index (κ3) is 1.78. The van der Waals surface area contributed by atoms with Gasteiger partial charge in [0.15, 0.2) is 0 Å². The molecular weight excluding hydrogens is 264 g/mol. The largest absolute Gasteiger partial charge is 0.359 e. The number of halogens is 1. The SMILES string of the molecule is CC1(c2ccc(Br)s2)CCC(C=O)O1. The van der Waals surface area contributed by atoms with Crippen molar-refractivity contribution < 1.29 is 9.53 Å². The molecule has 0 spiro atoms. The van der Waals surface area contributed by atoms with Crippen LogP contribution in [0.3, 0.4) is 0 Å². The van der Waals surface area contributed by atoms with Crippen LogP contribution in [-0.4, -0.2) is 12.4 Å². The molecule has 0 amide bonds. The van der Waals surface area contributed by atoms with Gasteiger partial charge in [-0.1, -0.05) is 0 Å². The van der Waals surface area contributed by atoms with Crippen LogP contribution in [-0.2, 0) is 15.1 Å². The van der Waals surface area contributed by atoms with Gasteiger partial charge < -0.3 is 9.53 Å². The Morgan fingerprint density at radius 3 is 3.00 bits per heavy atom. The Morgan fingerprint density at radius 1 is 1.71 bits per heavy atom. The fraction of sp³-hybridized carbons (Fsp3) is 0.500. The Bertz CT molecular complexity index is 350. The molecule has 1 aromatic heterocycles. The van der Waals surface area contributed by atoms with Crippen LogP contribution in [0.15, 0.2) is 15.9 Å². The van der Waals surface area contributed by atoms with E-state index in [4.69, 9.17) is 4.74 Å². The first-order valence-corrected chi connectivity index (χ1v) is 6.14. The highest BCUT2D eigenvalue weighted by Gasteiger charge is 2.38. The first-order valence-electron chi connectivity index (χ1n) is 4.53. The van der Waals surface area contributed by atoms with Gasteiger partial charge in [0.25, 0.3) is 0 Å². The molecule has 0 aromatic carbocycles. The lowest BCUT2D eigenvalue weighted by Crippen LogP contribution is -2.21. The van der Waals surface area contributed by atoms with Crippen molar-refractivity contribution in [1.82, 2.24) is 0 Å². The highest BCUT2D eigenvalue weighted by molar-refractivity contribution is 9.11. The molecule has 0 aliphatic carbocycles. The van der Waals surface area contributed by atoms with E-state index >= 15 is 0 Å². The second-order valence-corrected chi connectivity index (χ2v) is 6.13. The maximum Gasteiger partial charge on any atom is 0.148 e. The third-order valence-electron chi connectivity index (χ3n) is 2.56. The van der Waals surface area contributed by atoms with Gasteiger partial charge in [-0.25, -0.2) is 0 Å². The average molecular weight is 275 g/mol. The van der Waals surface area contributed by atoms with Gasteiger partial charge >= 0.3 is 0 Å². The van der Waals surface area contributed by atoms with Crippen molar-refractivity contribution in [2.24, 2.45) is 0 Å². The molecule has 0 bridgehead atoms. The molecule has 1 fully saturated rings. The van der Waals surface area contributed by atoms with Gasteiger partial charge in [0.2, 0.25) is 0 Å². The smallest absolute Gasteiger partial charge is 0.148 e. The topological polar surface area (TPSA) is 26.3 Å².